The van der Waals surface area contributed by atoms with Gasteiger partial charge in [-0.05, 0) is 43.0 Å². The van der Waals surface area contributed by atoms with E-state index < -0.39 is 0 Å². The van der Waals surface area contributed by atoms with E-state index >= 15 is 0 Å². The molecule has 5 heteroatoms. The fourth-order valence-corrected chi connectivity index (χ4v) is 2.82. The second kappa shape index (κ2) is 6.83. The standard InChI is InChI=1S/C17H21FN4/c1-13-11-14(3-4-16(13)18)12-21-15-5-9-22(10-6-15)17-19-7-2-8-20-17/h2-4,7-8,11,15,21H,5-6,9-10,12H2,1H3. The molecule has 0 spiro atoms. The molecule has 1 aromatic carbocycles. The highest BCUT2D eigenvalue weighted by atomic mass is 19.1. The van der Waals surface area contributed by atoms with Crippen LogP contribution in [0.15, 0.2) is 36.7 Å². The van der Waals surface area contributed by atoms with E-state index in [0.29, 0.717) is 11.6 Å². The first-order valence-corrected chi connectivity index (χ1v) is 7.73. The summed E-state index contributed by atoms with van der Waals surface area (Å²) in [5, 5.41) is 3.57. The van der Waals surface area contributed by atoms with Crippen LogP contribution in [0.4, 0.5) is 10.3 Å². The molecule has 1 saturated heterocycles. The van der Waals surface area contributed by atoms with Crippen LogP contribution in [-0.4, -0.2) is 29.1 Å². The van der Waals surface area contributed by atoms with E-state index in [-0.39, 0.29) is 5.82 Å². The highest BCUT2D eigenvalue weighted by molar-refractivity contribution is 5.29. The summed E-state index contributed by atoms with van der Waals surface area (Å²) in [6.45, 7) is 4.51. The van der Waals surface area contributed by atoms with Gasteiger partial charge < -0.3 is 10.2 Å². The van der Waals surface area contributed by atoms with Gasteiger partial charge in [0.05, 0.1) is 0 Å². The number of nitrogens with zero attached hydrogens (tertiary/aromatic N) is 3. The molecule has 2 heterocycles. The number of aromatic nitrogens is 2. The van der Waals surface area contributed by atoms with Crippen molar-refractivity contribution in [3.8, 4) is 0 Å². The Labute approximate surface area is 130 Å². The molecule has 116 valence electrons. The van der Waals surface area contributed by atoms with Crippen molar-refractivity contribution in [2.24, 2.45) is 0 Å². The maximum atomic E-state index is 13.3. The lowest BCUT2D eigenvalue weighted by atomic mass is 10.0. The predicted molar refractivity (Wildman–Crippen MR) is 85.2 cm³/mol. The van der Waals surface area contributed by atoms with E-state index in [2.05, 4.69) is 20.2 Å². The lowest BCUT2D eigenvalue weighted by Crippen LogP contribution is -2.42. The Hall–Kier alpha value is -2.01. The highest BCUT2D eigenvalue weighted by Crippen LogP contribution is 2.16. The molecular formula is C17H21FN4. The number of anilines is 1. The van der Waals surface area contributed by atoms with Gasteiger partial charge in [-0.3, -0.25) is 0 Å². The average Bonchev–Trinajstić information content (AvgIpc) is 2.57. The Morgan fingerprint density at radius 2 is 1.95 bits per heavy atom. The van der Waals surface area contributed by atoms with Crippen molar-refractivity contribution in [2.45, 2.75) is 32.4 Å². The molecule has 1 aliphatic rings. The van der Waals surface area contributed by atoms with Gasteiger partial charge in [0.2, 0.25) is 5.95 Å². The minimum Gasteiger partial charge on any atom is -0.341 e. The van der Waals surface area contributed by atoms with Gasteiger partial charge in [-0.15, -0.1) is 0 Å². The third-order valence-electron chi connectivity index (χ3n) is 4.15. The lowest BCUT2D eigenvalue weighted by molar-refractivity contribution is 0.411. The molecular weight excluding hydrogens is 279 g/mol. The number of hydrogen-bond acceptors (Lipinski definition) is 4. The summed E-state index contributed by atoms with van der Waals surface area (Å²) in [6, 6.07) is 7.63. The summed E-state index contributed by atoms with van der Waals surface area (Å²) in [4.78, 5) is 10.8. The number of halogens is 1. The molecule has 1 fully saturated rings. The second-order valence-electron chi connectivity index (χ2n) is 5.77. The van der Waals surface area contributed by atoms with E-state index in [1.807, 2.05) is 18.2 Å². The molecule has 0 aliphatic carbocycles. The zero-order chi connectivity index (χ0) is 15.4. The monoisotopic (exact) mass is 300 g/mol. The minimum atomic E-state index is -0.139. The normalized spacial score (nSPS) is 16.0. The summed E-state index contributed by atoms with van der Waals surface area (Å²) in [5.74, 6) is 0.676. The molecule has 1 aromatic heterocycles. The predicted octanol–water partition coefficient (Wildman–Crippen LogP) is 2.68. The van der Waals surface area contributed by atoms with E-state index in [9.17, 15) is 4.39 Å². The number of piperidine rings is 1. The number of rotatable bonds is 4. The summed E-state index contributed by atoms with van der Waals surface area (Å²) < 4.78 is 13.3. The van der Waals surface area contributed by atoms with Crippen LogP contribution in [0.1, 0.15) is 24.0 Å². The fraction of sp³-hybridized carbons (Fsp3) is 0.412. The molecule has 0 atom stereocenters. The Kier molecular flexibility index (Phi) is 4.63. The van der Waals surface area contributed by atoms with Crippen molar-refractivity contribution in [3.63, 3.8) is 0 Å². The summed E-state index contributed by atoms with van der Waals surface area (Å²) in [5.41, 5.74) is 1.84. The van der Waals surface area contributed by atoms with Crippen LogP contribution in [0, 0.1) is 12.7 Å². The molecule has 0 saturated carbocycles. The van der Waals surface area contributed by atoms with Gasteiger partial charge in [0.1, 0.15) is 5.82 Å². The van der Waals surface area contributed by atoms with Gasteiger partial charge >= 0.3 is 0 Å². The minimum absolute atomic E-state index is 0.139. The maximum Gasteiger partial charge on any atom is 0.225 e. The number of aryl methyl sites for hydroxylation is 1. The van der Waals surface area contributed by atoms with Crippen LogP contribution in [0.2, 0.25) is 0 Å². The topological polar surface area (TPSA) is 41.0 Å². The average molecular weight is 300 g/mol. The number of nitrogens with one attached hydrogen (secondary N) is 1. The van der Waals surface area contributed by atoms with Gasteiger partial charge in [-0.2, -0.15) is 0 Å². The molecule has 4 nitrogen and oxygen atoms in total. The smallest absolute Gasteiger partial charge is 0.225 e. The zero-order valence-corrected chi connectivity index (χ0v) is 12.8. The molecule has 1 N–H and O–H groups in total. The maximum absolute atomic E-state index is 13.3. The van der Waals surface area contributed by atoms with E-state index in [0.717, 1.165) is 44.0 Å². The SMILES string of the molecule is Cc1cc(CNC2CCN(c3ncccn3)CC2)ccc1F. The third kappa shape index (κ3) is 3.60. The van der Waals surface area contributed by atoms with Crippen molar-refractivity contribution in [3.05, 3.63) is 53.6 Å². The summed E-state index contributed by atoms with van der Waals surface area (Å²) >= 11 is 0. The highest BCUT2D eigenvalue weighted by Gasteiger charge is 2.20. The van der Waals surface area contributed by atoms with E-state index in [1.165, 1.54) is 0 Å². The third-order valence-corrected chi connectivity index (χ3v) is 4.15. The van der Waals surface area contributed by atoms with Crippen molar-refractivity contribution in [1.82, 2.24) is 15.3 Å². The molecule has 2 aromatic rings. The van der Waals surface area contributed by atoms with Crippen LogP contribution in [-0.2, 0) is 6.54 Å². The van der Waals surface area contributed by atoms with Gasteiger partial charge in [-0.25, -0.2) is 14.4 Å². The van der Waals surface area contributed by atoms with Crippen molar-refractivity contribution < 1.29 is 4.39 Å². The molecule has 0 amide bonds. The molecule has 0 bridgehead atoms. The van der Waals surface area contributed by atoms with Crippen molar-refractivity contribution in [2.75, 3.05) is 18.0 Å². The molecule has 3 rings (SSSR count). The lowest BCUT2D eigenvalue weighted by Gasteiger charge is -2.32. The van der Waals surface area contributed by atoms with Crippen LogP contribution < -0.4 is 10.2 Å². The van der Waals surface area contributed by atoms with E-state index in [1.54, 1.807) is 25.4 Å². The molecule has 0 radical (unpaired) electrons. The van der Waals surface area contributed by atoms with Gasteiger partial charge in [0, 0.05) is 38.1 Å². The fourth-order valence-electron chi connectivity index (χ4n) is 2.82. The van der Waals surface area contributed by atoms with Crippen molar-refractivity contribution >= 4 is 5.95 Å². The Bertz CT molecular complexity index is 609. The Morgan fingerprint density at radius 3 is 2.64 bits per heavy atom. The van der Waals surface area contributed by atoms with Gasteiger partial charge in [-0.1, -0.05) is 12.1 Å². The van der Waals surface area contributed by atoms with Crippen LogP contribution >= 0.6 is 0 Å². The molecule has 0 unspecified atom stereocenters. The van der Waals surface area contributed by atoms with Crippen molar-refractivity contribution in [1.29, 1.82) is 0 Å². The first-order chi connectivity index (χ1) is 10.7. The number of hydrogen-bond donors (Lipinski definition) is 1. The van der Waals surface area contributed by atoms with Crippen LogP contribution in [0.25, 0.3) is 0 Å². The first-order valence-electron chi connectivity index (χ1n) is 7.73. The Balaban J connectivity index is 1.49. The first kappa shape index (κ1) is 14.9. The largest absolute Gasteiger partial charge is 0.341 e. The summed E-state index contributed by atoms with van der Waals surface area (Å²) in [7, 11) is 0. The van der Waals surface area contributed by atoms with Crippen LogP contribution in [0.3, 0.4) is 0 Å². The Morgan fingerprint density at radius 1 is 1.23 bits per heavy atom. The number of benzene rings is 1. The summed E-state index contributed by atoms with van der Waals surface area (Å²) in [6.07, 6.45) is 5.70. The molecule has 1 aliphatic heterocycles. The van der Waals surface area contributed by atoms with Gasteiger partial charge in [0.25, 0.3) is 0 Å². The van der Waals surface area contributed by atoms with Gasteiger partial charge in [0.15, 0.2) is 0 Å². The molecule has 22 heavy (non-hydrogen) atoms. The quantitative estimate of drug-likeness (QED) is 0.942. The zero-order valence-electron chi connectivity index (χ0n) is 12.8. The van der Waals surface area contributed by atoms with E-state index in [4.69, 9.17) is 0 Å². The second-order valence-corrected chi connectivity index (χ2v) is 5.77. The van der Waals surface area contributed by atoms with Crippen LogP contribution in [0.5, 0.6) is 0 Å².